The molecule has 1 aliphatic rings. The zero-order valence-corrected chi connectivity index (χ0v) is 8.45. The second-order valence-electron chi connectivity index (χ2n) is 3.74. The van der Waals surface area contributed by atoms with Crippen LogP contribution >= 0.6 is 0 Å². The van der Waals surface area contributed by atoms with E-state index in [1.165, 1.54) is 7.11 Å². The standard InChI is InChI=1S/C9H18N2O3/c1-14-7(5-10)8(13)11-9(6-12)3-2-4-9/h7,12H,2-6,10H2,1H3,(H,11,13). The van der Waals surface area contributed by atoms with E-state index in [9.17, 15) is 4.79 Å². The molecule has 1 fully saturated rings. The Morgan fingerprint density at radius 2 is 2.36 bits per heavy atom. The first-order valence-corrected chi connectivity index (χ1v) is 4.83. The average Bonchev–Trinajstić information content (AvgIpc) is 2.13. The first-order valence-electron chi connectivity index (χ1n) is 4.83. The van der Waals surface area contributed by atoms with Crippen LogP contribution in [0.2, 0.25) is 0 Å². The third-order valence-corrected chi connectivity index (χ3v) is 2.79. The van der Waals surface area contributed by atoms with Gasteiger partial charge >= 0.3 is 0 Å². The number of rotatable bonds is 5. The van der Waals surface area contributed by atoms with Crippen LogP contribution in [-0.4, -0.2) is 42.9 Å². The van der Waals surface area contributed by atoms with E-state index in [0.29, 0.717) is 0 Å². The molecule has 0 aromatic rings. The number of nitrogens with two attached hydrogens (primary N) is 1. The Morgan fingerprint density at radius 3 is 2.64 bits per heavy atom. The fraction of sp³-hybridized carbons (Fsp3) is 0.889. The fourth-order valence-electron chi connectivity index (χ4n) is 1.58. The van der Waals surface area contributed by atoms with Crippen LogP contribution in [0, 0.1) is 0 Å². The molecule has 82 valence electrons. The molecule has 0 aromatic heterocycles. The summed E-state index contributed by atoms with van der Waals surface area (Å²) in [7, 11) is 1.45. The summed E-state index contributed by atoms with van der Waals surface area (Å²) in [6.45, 7) is 0.142. The van der Waals surface area contributed by atoms with Gasteiger partial charge in [0.25, 0.3) is 5.91 Å². The Balaban J connectivity index is 2.46. The first-order chi connectivity index (χ1) is 6.67. The van der Waals surface area contributed by atoms with Gasteiger partial charge in [-0.25, -0.2) is 0 Å². The number of hydrogen-bond acceptors (Lipinski definition) is 4. The van der Waals surface area contributed by atoms with Crippen LogP contribution in [0.3, 0.4) is 0 Å². The maximum Gasteiger partial charge on any atom is 0.250 e. The lowest BCUT2D eigenvalue weighted by Crippen LogP contribution is -2.59. The highest BCUT2D eigenvalue weighted by Gasteiger charge is 2.38. The molecule has 1 rings (SSSR count). The number of aliphatic hydroxyl groups excluding tert-OH is 1. The Kier molecular flexibility index (Phi) is 3.86. The van der Waals surface area contributed by atoms with E-state index >= 15 is 0 Å². The van der Waals surface area contributed by atoms with E-state index in [4.69, 9.17) is 15.6 Å². The zero-order valence-electron chi connectivity index (χ0n) is 8.45. The summed E-state index contributed by atoms with van der Waals surface area (Å²) in [4.78, 5) is 11.5. The quantitative estimate of drug-likeness (QED) is 0.533. The fourth-order valence-corrected chi connectivity index (χ4v) is 1.58. The molecular weight excluding hydrogens is 184 g/mol. The van der Waals surface area contributed by atoms with E-state index in [0.717, 1.165) is 19.3 Å². The van der Waals surface area contributed by atoms with Gasteiger partial charge in [-0.05, 0) is 19.3 Å². The predicted molar refractivity (Wildman–Crippen MR) is 51.7 cm³/mol. The second-order valence-corrected chi connectivity index (χ2v) is 3.74. The molecule has 5 heteroatoms. The minimum absolute atomic E-state index is 0.0141. The molecule has 1 aliphatic carbocycles. The summed E-state index contributed by atoms with van der Waals surface area (Å²) in [5.41, 5.74) is 4.94. The summed E-state index contributed by atoms with van der Waals surface area (Å²) in [6, 6.07) is 0. The van der Waals surface area contributed by atoms with Gasteiger partial charge in [-0.15, -0.1) is 0 Å². The van der Waals surface area contributed by atoms with E-state index in [1.54, 1.807) is 0 Å². The van der Waals surface area contributed by atoms with Crippen molar-refractivity contribution in [2.24, 2.45) is 5.73 Å². The van der Waals surface area contributed by atoms with Crippen molar-refractivity contribution in [3.05, 3.63) is 0 Å². The molecule has 0 heterocycles. The van der Waals surface area contributed by atoms with Crippen LogP contribution < -0.4 is 11.1 Å². The summed E-state index contributed by atoms with van der Waals surface area (Å²) in [5.74, 6) is -0.233. The molecule has 1 atom stereocenters. The lowest BCUT2D eigenvalue weighted by molar-refractivity contribution is -0.134. The van der Waals surface area contributed by atoms with E-state index < -0.39 is 11.6 Å². The average molecular weight is 202 g/mol. The van der Waals surface area contributed by atoms with Gasteiger partial charge in [0.05, 0.1) is 12.1 Å². The molecule has 0 aliphatic heterocycles. The third kappa shape index (κ3) is 2.23. The Bertz CT molecular complexity index is 195. The monoisotopic (exact) mass is 202 g/mol. The van der Waals surface area contributed by atoms with Gasteiger partial charge < -0.3 is 20.9 Å². The molecule has 1 saturated carbocycles. The highest BCUT2D eigenvalue weighted by atomic mass is 16.5. The predicted octanol–water partition coefficient (Wildman–Crippen LogP) is -1.01. The number of ether oxygens (including phenoxy) is 1. The van der Waals surface area contributed by atoms with Crippen LogP contribution in [0.25, 0.3) is 0 Å². The van der Waals surface area contributed by atoms with Crippen LogP contribution in [0.5, 0.6) is 0 Å². The highest BCUT2D eigenvalue weighted by Crippen LogP contribution is 2.31. The normalized spacial score (nSPS) is 21.1. The number of aliphatic hydroxyl groups is 1. The van der Waals surface area contributed by atoms with Crippen molar-refractivity contribution in [2.75, 3.05) is 20.3 Å². The Labute approximate surface area is 83.6 Å². The summed E-state index contributed by atoms with van der Waals surface area (Å²) < 4.78 is 4.90. The van der Waals surface area contributed by atoms with Gasteiger partial charge in [0, 0.05) is 13.7 Å². The summed E-state index contributed by atoms with van der Waals surface area (Å²) in [5, 5.41) is 11.9. The topological polar surface area (TPSA) is 84.6 Å². The van der Waals surface area contributed by atoms with Crippen molar-refractivity contribution in [3.8, 4) is 0 Å². The van der Waals surface area contributed by atoms with Gasteiger partial charge in [0.2, 0.25) is 0 Å². The van der Waals surface area contributed by atoms with Crippen LogP contribution in [-0.2, 0) is 9.53 Å². The SMILES string of the molecule is COC(CN)C(=O)NC1(CO)CCC1. The highest BCUT2D eigenvalue weighted by molar-refractivity contribution is 5.81. The van der Waals surface area contributed by atoms with Crippen molar-refractivity contribution >= 4 is 5.91 Å². The molecular formula is C9H18N2O3. The Hall–Kier alpha value is -0.650. The first kappa shape index (κ1) is 11.4. The summed E-state index contributed by atoms with van der Waals surface area (Å²) >= 11 is 0. The minimum Gasteiger partial charge on any atom is -0.394 e. The molecule has 14 heavy (non-hydrogen) atoms. The molecule has 1 unspecified atom stereocenters. The van der Waals surface area contributed by atoms with Gasteiger partial charge in [0.15, 0.2) is 0 Å². The second kappa shape index (κ2) is 4.72. The Morgan fingerprint density at radius 1 is 1.71 bits per heavy atom. The largest absolute Gasteiger partial charge is 0.394 e. The van der Waals surface area contributed by atoms with Crippen molar-refractivity contribution in [1.29, 1.82) is 0 Å². The van der Waals surface area contributed by atoms with Crippen LogP contribution in [0.15, 0.2) is 0 Å². The van der Waals surface area contributed by atoms with E-state index in [2.05, 4.69) is 5.32 Å². The van der Waals surface area contributed by atoms with Crippen molar-refractivity contribution in [1.82, 2.24) is 5.32 Å². The molecule has 0 aromatic carbocycles. The lowest BCUT2D eigenvalue weighted by atomic mass is 9.77. The van der Waals surface area contributed by atoms with Crippen LogP contribution in [0.1, 0.15) is 19.3 Å². The van der Waals surface area contributed by atoms with Gasteiger partial charge in [-0.1, -0.05) is 0 Å². The third-order valence-electron chi connectivity index (χ3n) is 2.79. The minimum atomic E-state index is -0.612. The van der Waals surface area contributed by atoms with Gasteiger partial charge in [-0.3, -0.25) is 4.79 Å². The maximum absolute atomic E-state index is 11.5. The van der Waals surface area contributed by atoms with Crippen molar-refractivity contribution in [3.63, 3.8) is 0 Å². The zero-order chi connectivity index (χ0) is 10.6. The van der Waals surface area contributed by atoms with Crippen molar-refractivity contribution < 1.29 is 14.6 Å². The molecule has 1 amide bonds. The number of amides is 1. The van der Waals surface area contributed by atoms with Gasteiger partial charge in [0.1, 0.15) is 6.10 Å². The molecule has 5 nitrogen and oxygen atoms in total. The maximum atomic E-state index is 11.5. The van der Waals surface area contributed by atoms with E-state index in [-0.39, 0.29) is 19.1 Å². The number of nitrogens with one attached hydrogen (secondary N) is 1. The van der Waals surface area contributed by atoms with Crippen molar-refractivity contribution in [2.45, 2.75) is 30.9 Å². The lowest BCUT2D eigenvalue weighted by Gasteiger charge is -2.41. The summed E-state index contributed by atoms with van der Waals surface area (Å²) in [6.07, 6.45) is 2.09. The number of carbonyl (C=O) groups is 1. The number of methoxy groups -OCH3 is 1. The molecule has 0 saturated heterocycles. The molecule has 0 radical (unpaired) electrons. The molecule has 0 spiro atoms. The number of carbonyl (C=O) groups excluding carboxylic acids is 1. The smallest absolute Gasteiger partial charge is 0.250 e. The number of hydrogen-bond donors (Lipinski definition) is 3. The molecule has 0 bridgehead atoms. The van der Waals surface area contributed by atoms with Gasteiger partial charge in [-0.2, -0.15) is 0 Å². The van der Waals surface area contributed by atoms with Crippen LogP contribution in [0.4, 0.5) is 0 Å². The van der Waals surface area contributed by atoms with E-state index in [1.807, 2.05) is 0 Å². The molecule has 4 N–H and O–H groups in total.